The molecule has 0 aromatic heterocycles. The predicted octanol–water partition coefficient (Wildman–Crippen LogP) is 1.63. The van der Waals surface area contributed by atoms with Gasteiger partial charge in [-0.25, -0.2) is 0 Å². The van der Waals surface area contributed by atoms with Crippen molar-refractivity contribution in [2.45, 2.75) is 0 Å². The number of carbonyl (C=O) groups is 1. The second-order valence-corrected chi connectivity index (χ2v) is 2.34. The minimum Gasteiger partial charge on any atom is -0.493 e. The van der Waals surface area contributed by atoms with Crippen LogP contribution in [0.3, 0.4) is 0 Å². The van der Waals surface area contributed by atoms with Crippen LogP contribution >= 0.6 is 0 Å². The van der Waals surface area contributed by atoms with Crippen LogP contribution < -0.4 is 14.2 Å². The summed E-state index contributed by atoms with van der Waals surface area (Å²) in [5, 5.41) is 10.2. The summed E-state index contributed by atoms with van der Waals surface area (Å²) in [5.74, 6) is 0.664. The van der Waals surface area contributed by atoms with E-state index >= 15 is 0 Å². The van der Waals surface area contributed by atoms with E-state index in [0.717, 1.165) is 0 Å². The van der Waals surface area contributed by atoms with Crippen molar-refractivity contribution in [1.82, 2.24) is 0 Å². The molecule has 0 heterocycles. The van der Waals surface area contributed by atoms with Crippen molar-refractivity contribution in [3.8, 4) is 17.2 Å². The molecule has 14 heavy (non-hydrogen) atoms. The maximum absolute atomic E-state index is 10.2. The quantitative estimate of drug-likeness (QED) is 0.545. The van der Waals surface area contributed by atoms with Gasteiger partial charge in [-0.1, -0.05) is 6.07 Å². The molecular weight excluding hydrogens is 188 g/mol. The first-order valence-corrected chi connectivity index (χ1v) is 3.79. The van der Waals surface area contributed by atoms with E-state index in [-0.39, 0.29) is 11.5 Å². The fourth-order valence-electron chi connectivity index (χ4n) is 1.03. The Bertz CT molecular complexity index is 334. The van der Waals surface area contributed by atoms with Crippen LogP contribution in [0.5, 0.6) is 17.2 Å². The summed E-state index contributed by atoms with van der Waals surface area (Å²) >= 11 is 0. The van der Waals surface area contributed by atoms with Crippen LogP contribution in [0.4, 0.5) is 4.79 Å². The van der Waals surface area contributed by atoms with Crippen molar-refractivity contribution in [2.75, 3.05) is 14.2 Å². The van der Waals surface area contributed by atoms with Gasteiger partial charge in [0.15, 0.2) is 11.5 Å². The number of hydrogen-bond donors (Lipinski definition) is 0. The smallest absolute Gasteiger partial charge is 0.493 e. The summed E-state index contributed by atoms with van der Waals surface area (Å²) in [4.78, 5) is 10.2. The molecule has 5 nitrogen and oxygen atoms in total. The van der Waals surface area contributed by atoms with Gasteiger partial charge in [0.2, 0.25) is 5.75 Å². The fourth-order valence-corrected chi connectivity index (χ4v) is 1.03. The second-order valence-electron chi connectivity index (χ2n) is 2.34. The first-order chi connectivity index (χ1) is 6.69. The predicted molar refractivity (Wildman–Crippen MR) is 46.3 cm³/mol. The number of ether oxygens (including phenoxy) is 3. The summed E-state index contributed by atoms with van der Waals surface area (Å²) in [6, 6.07) is 4.65. The summed E-state index contributed by atoms with van der Waals surface area (Å²) in [5.41, 5.74) is 0. The van der Waals surface area contributed by atoms with E-state index < -0.39 is 6.16 Å². The zero-order valence-corrected chi connectivity index (χ0v) is 7.77. The van der Waals surface area contributed by atoms with E-state index in [1.54, 1.807) is 12.1 Å². The van der Waals surface area contributed by atoms with E-state index in [1.807, 2.05) is 0 Å². The van der Waals surface area contributed by atoms with Gasteiger partial charge in [0.25, 0.3) is 0 Å². The molecule has 0 unspecified atom stereocenters. The van der Waals surface area contributed by atoms with Gasteiger partial charge in [-0.15, -0.1) is 0 Å². The van der Waals surface area contributed by atoms with E-state index in [4.69, 9.17) is 9.47 Å². The Morgan fingerprint density at radius 3 is 2.29 bits per heavy atom. The minimum absolute atomic E-state index is 0.0480. The van der Waals surface area contributed by atoms with Gasteiger partial charge >= 0.3 is 6.16 Å². The van der Waals surface area contributed by atoms with Crippen LogP contribution in [0.15, 0.2) is 18.2 Å². The molecule has 5 heteroatoms. The van der Waals surface area contributed by atoms with Gasteiger partial charge in [0.1, 0.15) is 0 Å². The molecular formula is C9H9O5. The Kier molecular flexibility index (Phi) is 3.17. The third-order valence-electron chi connectivity index (χ3n) is 1.56. The molecule has 0 saturated carbocycles. The van der Waals surface area contributed by atoms with Crippen LogP contribution in [0.1, 0.15) is 0 Å². The Morgan fingerprint density at radius 2 is 1.79 bits per heavy atom. The molecule has 0 aliphatic rings. The highest BCUT2D eigenvalue weighted by Gasteiger charge is 2.13. The number of rotatable bonds is 3. The molecule has 0 atom stereocenters. The maximum atomic E-state index is 10.2. The van der Waals surface area contributed by atoms with Crippen molar-refractivity contribution in [3.63, 3.8) is 0 Å². The van der Waals surface area contributed by atoms with Crippen LogP contribution in [-0.2, 0) is 5.11 Å². The first kappa shape index (κ1) is 10.2. The molecule has 0 spiro atoms. The molecule has 0 aliphatic heterocycles. The van der Waals surface area contributed by atoms with Crippen molar-refractivity contribution >= 4 is 6.16 Å². The average molecular weight is 197 g/mol. The summed E-state index contributed by atoms with van der Waals surface area (Å²) < 4.78 is 14.2. The molecule has 0 bridgehead atoms. The van der Waals surface area contributed by atoms with Crippen molar-refractivity contribution in [3.05, 3.63) is 18.2 Å². The molecule has 75 valence electrons. The monoisotopic (exact) mass is 197 g/mol. The van der Waals surface area contributed by atoms with Gasteiger partial charge in [0, 0.05) is 0 Å². The molecule has 0 aliphatic carbocycles. The van der Waals surface area contributed by atoms with Gasteiger partial charge in [-0.05, 0) is 12.1 Å². The lowest BCUT2D eigenvalue weighted by Crippen LogP contribution is -2.03. The van der Waals surface area contributed by atoms with Crippen molar-refractivity contribution in [1.29, 1.82) is 0 Å². The minimum atomic E-state index is -1.64. The van der Waals surface area contributed by atoms with Gasteiger partial charge in [0.05, 0.1) is 14.2 Å². The van der Waals surface area contributed by atoms with Gasteiger partial charge in [-0.3, -0.25) is 0 Å². The number of methoxy groups -OCH3 is 2. The summed E-state index contributed by atoms with van der Waals surface area (Å²) in [6.07, 6.45) is -1.64. The van der Waals surface area contributed by atoms with Crippen molar-refractivity contribution < 1.29 is 24.1 Å². The third-order valence-corrected chi connectivity index (χ3v) is 1.56. The SMILES string of the molecule is COc1cccc(OC([O])=O)c1OC. The lowest BCUT2D eigenvalue weighted by atomic mass is 10.3. The van der Waals surface area contributed by atoms with Crippen LogP contribution in [-0.4, -0.2) is 20.4 Å². The van der Waals surface area contributed by atoms with Gasteiger partial charge in [-0.2, -0.15) is 9.90 Å². The van der Waals surface area contributed by atoms with Crippen molar-refractivity contribution in [2.24, 2.45) is 0 Å². The molecule has 0 amide bonds. The maximum Gasteiger partial charge on any atom is 0.555 e. The second kappa shape index (κ2) is 4.36. The number of benzene rings is 1. The van der Waals surface area contributed by atoms with Crippen LogP contribution in [0.2, 0.25) is 0 Å². The normalized spacial score (nSPS) is 9.29. The lowest BCUT2D eigenvalue weighted by molar-refractivity contribution is 0.115. The standard InChI is InChI=1S/C9H9O5/c1-12-6-4-3-5-7(8(6)13-2)14-9(10)11/h3-5H,1-2H3. The zero-order chi connectivity index (χ0) is 10.6. The largest absolute Gasteiger partial charge is 0.555 e. The Labute approximate surface area is 80.8 Å². The highest BCUT2D eigenvalue weighted by Crippen LogP contribution is 2.36. The highest BCUT2D eigenvalue weighted by molar-refractivity contribution is 5.64. The van der Waals surface area contributed by atoms with E-state index in [1.165, 1.54) is 20.3 Å². The molecule has 1 aromatic carbocycles. The summed E-state index contributed by atoms with van der Waals surface area (Å²) in [7, 11) is 2.83. The Hall–Kier alpha value is -1.91. The van der Waals surface area contributed by atoms with Gasteiger partial charge < -0.3 is 14.2 Å². The number of hydrogen-bond acceptors (Lipinski definition) is 4. The number of para-hydroxylation sites is 1. The lowest BCUT2D eigenvalue weighted by Gasteiger charge is -2.09. The highest BCUT2D eigenvalue weighted by atomic mass is 16.7. The molecule has 0 saturated heterocycles. The zero-order valence-electron chi connectivity index (χ0n) is 7.77. The van der Waals surface area contributed by atoms with Crippen LogP contribution in [0.25, 0.3) is 0 Å². The van der Waals surface area contributed by atoms with E-state index in [2.05, 4.69) is 4.74 Å². The molecule has 1 rings (SSSR count). The third kappa shape index (κ3) is 2.07. The molecule has 1 aromatic rings. The van der Waals surface area contributed by atoms with Crippen LogP contribution in [0, 0.1) is 0 Å². The Balaban J connectivity index is 3.08. The molecule has 1 radical (unpaired) electrons. The average Bonchev–Trinajstić information content (AvgIpc) is 2.16. The Morgan fingerprint density at radius 1 is 1.14 bits per heavy atom. The fraction of sp³-hybridized carbons (Fsp3) is 0.222. The van der Waals surface area contributed by atoms with E-state index in [9.17, 15) is 9.90 Å². The molecule has 0 fully saturated rings. The summed E-state index contributed by atoms with van der Waals surface area (Å²) in [6.45, 7) is 0. The number of carbonyl (C=O) groups excluding carboxylic acids is 1. The topological polar surface area (TPSA) is 64.7 Å². The van der Waals surface area contributed by atoms with E-state index in [0.29, 0.717) is 5.75 Å². The first-order valence-electron chi connectivity index (χ1n) is 3.79. The molecule has 0 N–H and O–H groups in total.